The van der Waals surface area contributed by atoms with E-state index in [1.807, 2.05) is 6.92 Å². The molecule has 0 aliphatic carbocycles. The third-order valence-corrected chi connectivity index (χ3v) is 1.31. The zero-order valence-corrected chi connectivity index (χ0v) is 6.86. The van der Waals surface area contributed by atoms with Crippen molar-refractivity contribution < 1.29 is 0 Å². The summed E-state index contributed by atoms with van der Waals surface area (Å²) in [7, 11) is 0. The van der Waals surface area contributed by atoms with E-state index in [9.17, 15) is 0 Å². The predicted octanol–water partition coefficient (Wildman–Crippen LogP) is -0.294. The fourth-order valence-corrected chi connectivity index (χ4v) is 0.809. The highest BCUT2D eigenvalue weighted by Crippen LogP contribution is 1.93. The number of nitrogens with one attached hydrogen (secondary N) is 1. The average molecular weight is 165 g/mol. The summed E-state index contributed by atoms with van der Waals surface area (Å²) in [5, 5.41) is 7.36. The molecule has 0 saturated heterocycles. The van der Waals surface area contributed by atoms with Gasteiger partial charge in [-0.15, -0.1) is 0 Å². The second kappa shape index (κ2) is 4.40. The molecule has 0 radical (unpaired) electrons. The van der Waals surface area contributed by atoms with Crippen LogP contribution in [0.2, 0.25) is 0 Å². The molecule has 1 aromatic heterocycles. The first-order valence-electron chi connectivity index (χ1n) is 3.66. The predicted molar refractivity (Wildman–Crippen MR) is 46.4 cm³/mol. The maximum absolute atomic E-state index is 5.26. The van der Waals surface area contributed by atoms with Crippen LogP contribution in [0.15, 0.2) is 23.5 Å². The SMILES string of the molecule is CCN=C(NN)c1ccnnc1. The van der Waals surface area contributed by atoms with Gasteiger partial charge in [0.1, 0.15) is 5.84 Å². The van der Waals surface area contributed by atoms with Crippen molar-refractivity contribution in [1.29, 1.82) is 0 Å². The first kappa shape index (κ1) is 8.61. The summed E-state index contributed by atoms with van der Waals surface area (Å²) < 4.78 is 0. The number of amidine groups is 1. The topological polar surface area (TPSA) is 76.2 Å². The van der Waals surface area contributed by atoms with Crippen molar-refractivity contribution in [3.63, 3.8) is 0 Å². The van der Waals surface area contributed by atoms with E-state index in [-0.39, 0.29) is 0 Å². The summed E-state index contributed by atoms with van der Waals surface area (Å²) in [6.07, 6.45) is 3.20. The van der Waals surface area contributed by atoms with E-state index in [2.05, 4.69) is 20.6 Å². The fourth-order valence-electron chi connectivity index (χ4n) is 0.809. The minimum Gasteiger partial charge on any atom is -0.308 e. The lowest BCUT2D eigenvalue weighted by atomic mass is 10.3. The number of hydrogen-bond donors (Lipinski definition) is 2. The van der Waals surface area contributed by atoms with E-state index >= 15 is 0 Å². The van der Waals surface area contributed by atoms with Gasteiger partial charge in [-0.3, -0.25) is 4.99 Å². The normalized spacial score (nSPS) is 11.3. The Hall–Kier alpha value is -1.49. The van der Waals surface area contributed by atoms with Crippen LogP contribution in [-0.4, -0.2) is 22.6 Å². The molecule has 5 heteroatoms. The Morgan fingerprint density at radius 2 is 2.50 bits per heavy atom. The van der Waals surface area contributed by atoms with Crippen LogP contribution in [0, 0.1) is 0 Å². The number of hydrazine groups is 1. The van der Waals surface area contributed by atoms with Crippen LogP contribution in [-0.2, 0) is 0 Å². The highest BCUT2D eigenvalue weighted by molar-refractivity contribution is 5.97. The quantitative estimate of drug-likeness (QED) is 0.273. The molecule has 0 bridgehead atoms. The Labute approximate surface area is 70.7 Å². The van der Waals surface area contributed by atoms with Gasteiger partial charge in [0.05, 0.1) is 12.4 Å². The molecule has 64 valence electrons. The van der Waals surface area contributed by atoms with Gasteiger partial charge in [-0.2, -0.15) is 10.2 Å². The second-order valence-corrected chi connectivity index (χ2v) is 2.10. The largest absolute Gasteiger partial charge is 0.308 e. The number of nitrogens with zero attached hydrogens (tertiary/aromatic N) is 3. The van der Waals surface area contributed by atoms with E-state index in [1.54, 1.807) is 18.5 Å². The van der Waals surface area contributed by atoms with Crippen molar-refractivity contribution in [1.82, 2.24) is 15.6 Å². The van der Waals surface area contributed by atoms with Gasteiger partial charge in [-0.25, -0.2) is 5.84 Å². The summed E-state index contributed by atoms with van der Waals surface area (Å²) in [5.41, 5.74) is 3.34. The lowest BCUT2D eigenvalue weighted by Gasteiger charge is -2.02. The molecule has 5 nitrogen and oxygen atoms in total. The smallest absolute Gasteiger partial charge is 0.144 e. The molecule has 3 N–H and O–H groups in total. The van der Waals surface area contributed by atoms with Crippen molar-refractivity contribution in [3.8, 4) is 0 Å². The Balaban J connectivity index is 2.88. The molecule has 0 fully saturated rings. The Morgan fingerprint density at radius 3 is 3.00 bits per heavy atom. The van der Waals surface area contributed by atoms with Gasteiger partial charge >= 0.3 is 0 Å². The molecule has 1 aromatic rings. The fraction of sp³-hybridized carbons (Fsp3) is 0.286. The second-order valence-electron chi connectivity index (χ2n) is 2.10. The van der Waals surface area contributed by atoms with Gasteiger partial charge in [0, 0.05) is 12.1 Å². The van der Waals surface area contributed by atoms with Crippen LogP contribution in [0.3, 0.4) is 0 Å². The Bertz CT molecular complexity index is 256. The first-order chi connectivity index (χ1) is 5.88. The Kier molecular flexibility index (Phi) is 3.16. The number of hydrogen-bond acceptors (Lipinski definition) is 4. The maximum Gasteiger partial charge on any atom is 0.144 e. The molecular formula is C7H11N5. The number of aliphatic imine (C=N–C) groups is 1. The van der Waals surface area contributed by atoms with Gasteiger partial charge in [0.2, 0.25) is 0 Å². The van der Waals surface area contributed by atoms with E-state index in [0.717, 1.165) is 5.56 Å². The van der Waals surface area contributed by atoms with Gasteiger partial charge in [-0.05, 0) is 13.0 Å². The van der Waals surface area contributed by atoms with E-state index in [0.29, 0.717) is 12.4 Å². The minimum atomic E-state index is 0.632. The van der Waals surface area contributed by atoms with Crippen molar-refractivity contribution >= 4 is 5.84 Å². The summed E-state index contributed by atoms with van der Waals surface area (Å²) in [6.45, 7) is 2.62. The Morgan fingerprint density at radius 1 is 1.67 bits per heavy atom. The van der Waals surface area contributed by atoms with Crippen molar-refractivity contribution in [2.75, 3.05) is 6.54 Å². The third-order valence-electron chi connectivity index (χ3n) is 1.31. The van der Waals surface area contributed by atoms with Crippen LogP contribution in [0.4, 0.5) is 0 Å². The molecule has 0 spiro atoms. The summed E-state index contributed by atoms with van der Waals surface area (Å²) in [6, 6.07) is 1.79. The molecule has 0 unspecified atom stereocenters. The van der Waals surface area contributed by atoms with Crippen molar-refractivity contribution in [2.45, 2.75) is 6.92 Å². The van der Waals surface area contributed by atoms with Gasteiger partial charge in [0.25, 0.3) is 0 Å². The number of nitrogens with two attached hydrogens (primary N) is 1. The van der Waals surface area contributed by atoms with E-state index in [4.69, 9.17) is 5.84 Å². The van der Waals surface area contributed by atoms with Gasteiger partial charge in [-0.1, -0.05) is 0 Å². The average Bonchev–Trinajstić information content (AvgIpc) is 2.15. The molecule has 0 atom stereocenters. The van der Waals surface area contributed by atoms with Gasteiger partial charge in [0.15, 0.2) is 0 Å². The molecule has 1 heterocycles. The van der Waals surface area contributed by atoms with Crippen molar-refractivity contribution in [2.24, 2.45) is 10.8 Å². The first-order valence-corrected chi connectivity index (χ1v) is 3.66. The van der Waals surface area contributed by atoms with Crippen LogP contribution in [0.25, 0.3) is 0 Å². The lowest BCUT2D eigenvalue weighted by molar-refractivity contribution is 0.974. The molecule has 0 aliphatic rings. The monoisotopic (exact) mass is 165 g/mol. The summed E-state index contributed by atoms with van der Waals surface area (Å²) in [5.74, 6) is 5.89. The van der Waals surface area contributed by atoms with Crippen LogP contribution in [0.5, 0.6) is 0 Å². The number of aromatic nitrogens is 2. The van der Waals surface area contributed by atoms with E-state index in [1.165, 1.54) is 0 Å². The molecular weight excluding hydrogens is 154 g/mol. The van der Waals surface area contributed by atoms with Crippen molar-refractivity contribution in [3.05, 3.63) is 24.0 Å². The third kappa shape index (κ3) is 2.00. The standard InChI is InChI=1S/C7H11N5/c1-2-9-7(12-8)6-3-4-10-11-5-6/h3-5H,2,8H2,1H3,(H,9,12). The highest BCUT2D eigenvalue weighted by Gasteiger charge is 1.98. The molecule has 0 aliphatic heterocycles. The summed E-state index contributed by atoms with van der Waals surface area (Å²) in [4.78, 5) is 4.13. The van der Waals surface area contributed by atoms with Crippen LogP contribution < -0.4 is 11.3 Å². The maximum atomic E-state index is 5.26. The number of rotatable bonds is 2. The lowest BCUT2D eigenvalue weighted by Crippen LogP contribution is -2.31. The van der Waals surface area contributed by atoms with Gasteiger partial charge < -0.3 is 5.43 Å². The molecule has 1 rings (SSSR count). The molecule has 0 amide bonds. The molecule has 12 heavy (non-hydrogen) atoms. The van der Waals surface area contributed by atoms with Crippen LogP contribution in [0.1, 0.15) is 12.5 Å². The molecule has 0 aromatic carbocycles. The summed E-state index contributed by atoms with van der Waals surface area (Å²) >= 11 is 0. The van der Waals surface area contributed by atoms with E-state index < -0.39 is 0 Å². The minimum absolute atomic E-state index is 0.632. The molecule has 0 saturated carbocycles. The zero-order chi connectivity index (χ0) is 8.81. The highest BCUT2D eigenvalue weighted by atomic mass is 15.3. The van der Waals surface area contributed by atoms with Crippen LogP contribution >= 0.6 is 0 Å². The zero-order valence-electron chi connectivity index (χ0n) is 6.86.